The van der Waals surface area contributed by atoms with E-state index in [0.717, 1.165) is 6.21 Å². The van der Waals surface area contributed by atoms with Crippen LogP contribution < -0.4 is 21.5 Å². The Balaban J connectivity index is 2.35. The van der Waals surface area contributed by atoms with Gasteiger partial charge in [0.1, 0.15) is 35.4 Å². The van der Waals surface area contributed by atoms with Crippen LogP contribution in [0, 0.1) is 6.92 Å². The zero-order valence-electron chi connectivity index (χ0n) is 16.6. The number of amides is 2. The van der Waals surface area contributed by atoms with Crippen molar-refractivity contribution in [3.05, 3.63) is 40.8 Å². The number of ether oxygens (including phenoxy) is 1. The van der Waals surface area contributed by atoms with Gasteiger partial charge in [-0.1, -0.05) is 0 Å². The SMILES string of the molecule is CN=CC(COc1ccc2oc(C)c(C(=O)N[C@@H](CO)C(N)=O)c2c1)=C(N)C(F)(F)F. The molecule has 0 unspecified atom stereocenters. The molecule has 2 aromatic rings. The van der Waals surface area contributed by atoms with Gasteiger partial charge in [0.2, 0.25) is 5.91 Å². The number of carbonyl (C=O) groups is 2. The molecular formula is C19H21F3N4O5. The van der Waals surface area contributed by atoms with Crippen molar-refractivity contribution in [1.82, 2.24) is 5.32 Å². The minimum absolute atomic E-state index is 0.0563. The molecule has 0 aliphatic heterocycles. The van der Waals surface area contributed by atoms with Crippen LogP contribution in [0.15, 0.2) is 38.9 Å². The van der Waals surface area contributed by atoms with E-state index in [4.69, 9.17) is 20.6 Å². The van der Waals surface area contributed by atoms with Crippen LogP contribution in [0.1, 0.15) is 16.1 Å². The lowest BCUT2D eigenvalue weighted by atomic mass is 10.1. The maximum Gasteiger partial charge on any atom is 0.431 e. The summed E-state index contributed by atoms with van der Waals surface area (Å²) in [5, 5.41) is 11.7. The number of rotatable bonds is 8. The highest BCUT2D eigenvalue weighted by molar-refractivity contribution is 6.08. The first-order chi connectivity index (χ1) is 14.5. The summed E-state index contributed by atoms with van der Waals surface area (Å²) in [6, 6.07) is 3.00. The molecule has 0 saturated heterocycles. The molecule has 0 aliphatic rings. The number of nitrogens with two attached hydrogens (primary N) is 2. The molecule has 31 heavy (non-hydrogen) atoms. The molecule has 0 aliphatic carbocycles. The minimum Gasteiger partial charge on any atom is -0.489 e. The number of aliphatic hydroxyl groups is 1. The van der Waals surface area contributed by atoms with E-state index in [1.165, 1.54) is 32.2 Å². The van der Waals surface area contributed by atoms with E-state index in [0.29, 0.717) is 5.58 Å². The fraction of sp³-hybridized carbons (Fsp3) is 0.316. The van der Waals surface area contributed by atoms with Gasteiger partial charge in [-0.25, -0.2) is 0 Å². The molecule has 168 valence electrons. The topological polar surface area (TPSA) is 153 Å². The Morgan fingerprint density at radius 3 is 2.58 bits per heavy atom. The average Bonchev–Trinajstić information content (AvgIpc) is 3.02. The highest BCUT2D eigenvalue weighted by Crippen LogP contribution is 2.30. The van der Waals surface area contributed by atoms with E-state index in [-0.39, 0.29) is 28.0 Å². The van der Waals surface area contributed by atoms with Crippen LogP contribution in [0.4, 0.5) is 13.2 Å². The lowest BCUT2D eigenvalue weighted by molar-refractivity contribution is -0.120. The van der Waals surface area contributed by atoms with Gasteiger partial charge in [0.25, 0.3) is 5.91 Å². The summed E-state index contributed by atoms with van der Waals surface area (Å²) >= 11 is 0. The minimum atomic E-state index is -4.75. The fourth-order valence-electron chi connectivity index (χ4n) is 2.69. The number of halogens is 3. The van der Waals surface area contributed by atoms with Crippen LogP contribution in [-0.2, 0) is 4.79 Å². The first-order valence-electron chi connectivity index (χ1n) is 8.84. The molecule has 0 radical (unpaired) electrons. The predicted octanol–water partition coefficient (Wildman–Crippen LogP) is 1.17. The average molecular weight is 442 g/mol. The van der Waals surface area contributed by atoms with Crippen molar-refractivity contribution < 1.29 is 37.0 Å². The number of allylic oxidation sites excluding steroid dienone is 1. The molecule has 2 amide bonds. The van der Waals surface area contributed by atoms with E-state index in [1.54, 1.807) is 0 Å². The molecule has 0 spiro atoms. The normalized spacial score (nSPS) is 13.9. The fourth-order valence-corrected chi connectivity index (χ4v) is 2.69. The zero-order valence-corrected chi connectivity index (χ0v) is 16.6. The van der Waals surface area contributed by atoms with Crippen molar-refractivity contribution >= 4 is 29.0 Å². The van der Waals surface area contributed by atoms with Crippen molar-refractivity contribution in [3.8, 4) is 5.75 Å². The van der Waals surface area contributed by atoms with Gasteiger partial charge in [-0.3, -0.25) is 14.6 Å². The molecule has 0 saturated carbocycles. The highest BCUT2D eigenvalue weighted by Gasteiger charge is 2.34. The third-order valence-electron chi connectivity index (χ3n) is 4.22. The van der Waals surface area contributed by atoms with Crippen molar-refractivity contribution in [3.63, 3.8) is 0 Å². The smallest absolute Gasteiger partial charge is 0.431 e. The zero-order chi connectivity index (χ0) is 23.3. The predicted molar refractivity (Wildman–Crippen MR) is 106 cm³/mol. The van der Waals surface area contributed by atoms with E-state index in [2.05, 4.69) is 10.3 Å². The first-order valence-corrected chi connectivity index (χ1v) is 8.84. The number of primary amides is 1. The van der Waals surface area contributed by atoms with Gasteiger partial charge < -0.3 is 31.0 Å². The second-order valence-electron chi connectivity index (χ2n) is 6.41. The molecule has 1 aromatic heterocycles. The molecule has 12 heteroatoms. The number of carbonyl (C=O) groups excluding carboxylic acids is 2. The van der Waals surface area contributed by atoms with Gasteiger partial charge >= 0.3 is 6.18 Å². The largest absolute Gasteiger partial charge is 0.489 e. The summed E-state index contributed by atoms with van der Waals surface area (Å²) in [5.74, 6) is -1.31. The number of aliphatic imine (C=N–C) groups is 1. The van der Waals surface area contributed by atoms with Crippen molar-refractivity contribution in [2.45, 2.75) is 19.1 Å². The molecule has 0 fully saturated rings. The molecular weight excluding hydrogens is 421 g/mol. The summed E-state index contributed by atoms with van der Waals surface area (Å²) in [4.78, 5) is 27.4. The molecule has 1 atom stereocenters. The molecule has 6 N–H and O–H groups in total. The number of furan rings is 1. The number of fused-ring (bicyclic) bond motifs is 1. The number of aryl methyl sites for hydroxylation is 1. The summed E-state index contributed by atoms with van der Waals surface area (Å²) in [5.41, 5.74) is 8.91. The Hall–Kier alpha value is -3.54. The lowest BCUT2D eigenvalue weighted by Crippen LogP contribution is -2.46. The first kappa shape index (κ1) is 23.7. The third-order valence-corrected chi connectivity index (χ3v) is 4.22. The van der Waals surface area contributed by atoms with Gasteiger partial charge in [0.05, 0.1) is 12.2 Å². The number of hydrogen-bond donors (Lipinski definition) is 4. The maximum absolute atomic E-state index is 12.9. The van der Waals surface area contributed by atoms with Gasteiger partial charge in [-0.15, -0.1) is 0 Å². The van der Waals surface area contributed by atoms with Crippen molar-refractivity contribution in [2.75, 3.05) is 20.3 Å². The Bertz CT molecular complexity index is 1040. The highest BCUT2D eigenvalue weighted by atomic mass is 19.4. The number of nitrogens with one attached hydrogen (secondary N) is 1. The molecule has 0 bridgehead atoms. The molecule has 9 nitrogen and oxygen atoms in total. The maximum atomic E-state index is 12.9. The number of hydrogen-bond acceptors (Lipinski definition) is 7. The quantitative estimate of drug-likeness (QED) is 0.450. The van der Waals surface area contributed by atoms with E-state index >= 15 is 0 Å². The van der Waals surface area contributed by atoms with Gasteiger partial charge in [-0.2, -0.15) is 13.2 Å². The van der Waals surface area contributed by atoms with E-state index < -0.39 is 42.9 Å². The standard InChI is InChI=1S/C19H21F3N4O5/c1-9-15(18(29)26-13(7-27)17(24)28)12-5-11(3-4-14(12)31-9)30-8-10(6-25-2)16(23)19(20,21)22/h3-6,13,27H,7-8,23H2,1-2H3,(H2,24,28)(H,26,29)/t13-/m0/s1. The van der Waals surface area contributed by atoms with Crippen LogP contribution in [-0.4, -0.2) is 55.6 Å². The summed E-state index contributed by atoms with van der Waals surface area (Å²) in [6.45, 7) is 0.288. The van der Waals surface area contributed by atoms with Crippen molar-refractivity contribution in [2.24, 2.45) is 16.5 Å². The summed E-state index contributed by atoms with van der Waals surface area (Å²) in [6.07, 6.45) is -3.80. The van der Waals surface area contributed by atoms with Crippen LogP contribution >= 0.6 is 0 Å². The van der Waals surface area contributed by atoms with E-state index in [1.807, 2.05) is 0 Å². The third kappa shape index (κ3) is 5.54. The lowest BCUT2D eigenvalue weighted by Gasteiger charge is -2.13. The Morgan fingerprint density at radius 1 is 1.35 bits per heavy atom. The molecule has 1 heterocycles. The Kier molecular flexibility index (Phi) is 7.28. The monoisotopic (exact) mass is 442 g/mol. The van der Waals surface area contributed by atoms with Gasteiger partial charge in [-0.05, 0) is 25.1 Å². The van der Waals surface area contributed by atoms with Crippen molar-refractivity contribution in [1.29, 1.82) is 0 Å². The van der Waals surface area contributed by atoms with Crippen LogP contribution in [0.2, 0.25) is 0 Å². The number of alkyl halides is 3. The summed E-state index contributed by atoms with van der Waals surface area (Å²) in [7, 11) is 1.29. The van der Waals surface area contributed by atoms with Crippen LogP contribution in [0.25, 0.3) is 11.0 Å². The number of benzene rings is 1. The van der Waals surface area contributed by atoms with Crippen LogP contribution in [0.5, 0.6) is 5.75 Å². The second kappa shape index (κ2) is 9.51. The number of aliphatic hydroxyl groups excluding tert-OH is 1. The van der Waals surface area contributed by atoms with Crippen LogP contribution in [0.3, 0.4) is 0 Å². The Morgan fingerprint density at radius 2 is 2.03 bits per heavy atom. The summed E-state index contributed by atoms with van der Waals surface area (Å²) < 4.78 is 49.6. The van der Waals surface area contributed by atoms with E-state index in [9.17, 15) is 27.9 Å². The molecule has 1 aromatic carbocycles. The number of nitrogens with zero attached hydrogens (tertiary/aromatic N) is 1. The van der Waals surface area contributed by atoms with Gasteiger partial charge in [0.15, 0.2) is 0 Å². The second-order valence-corrected chi connectivity index (χ2v) is 6.41. The molecule has 2 rings (SSSR count). The van der Waals surface area contributed by atoms with Gasteiger partial charge in [0, 0.05) is 24.2 Å². The Labute approximate surface area is 174 Å².